The number of hydrogen-bond donors (Lipinski definition) is 1. The zero-order valence-corrected chi connectivity index (χ0v) is 17.0. The summed E-state index contributed by atoms with van der Waals surface area (Å²) in [5.74, 6) is 1.57. The number of fused-ring (bicyclic) bond motifs is 1. The molecular weight excluding hydrogens is 378 g/mol. The van der Waals surface area contributed by atoms with E-state index in [0.717, 1.165) is 27.8 Å². The summed E-state index contributed by atoms with van der Waals surface area (Å²) in [6.07, 6.45) is 0. The molecule has 4 aromatic rings. The number of H-pyrrole nitrogens is 1. The number of benzene rings is 3. The van der Waals surface area contributed by atoms with Crippen molar-refractivity contribution in [1.29, 1.82) is 0 Å². The standard InChI is InChI=1S/C25H23NO4/c1-3-28-25(27)22-14-19-13-21(30-20-11-9-17(2)10-12-20)15-23(24(19)26-22)29-16-18-7-5-4-6-8-18/h4-15,26H,3,16H2,1-2H3. The van der Waals surface area contributed by atoms with Crippen molar-refractivity contribution in [3.05, 3.63) is 89.6 Å². The molecule has 1 aromatic heterocycles. The SMILES string of the molecule is CCOC(=O)c1cc2cc(Oc3ccc(C)cc3)cc(OCc3ccccc3)c2[nH]1. The average molecular weight is 401 g/mol. The van der Waals surface area contributed by atoms with E-state index in [4.69, 9.17) is 14.2 Å². The minimum absolute atomic E-state index is 0.313. The summed E-state index contributed by atoms with van der Waals surface area (Å²) in [7, 11) is 0. The molecule has 0 atom stereocenters. The van der Waals surface area contributed by atoms with E-state index in [0.29, 0.717) is 30.4 Å². The molecule has 0 radical (unpaired) electrons. The van der Waals surface area contributed by atoms with E-state index in [9.17, 15) is 4.79 Å². The molecule has 0 spiro atoms. The highest BCUT2D eigenvalue weighted by atomic mass is 16.5. The molecule has 3 aromatic carbocycles. The number of nitrogens with one attached hydrogen (secondary N) is 1. The molecule has 0 saturated carbocycles. The fraction of sp³-hybridized carbons (Fsp3) is 0.160. The summed E-state index contributed by atoms with van der Waals surface area (Å²) >= 11 is 0. The maximum Gasteiger partial charge on any atom is 0.354 e. The molecule has 0 saturated heterocycles. The van der Waals surface area contributed by atoms with Gasteiger partial charge >= 0.3 is 5.97 Å². The zero-order valence-electron chi connectivity index (χ0n) is 17.0. The highest BCUT2D eigenvalue weighted by molar-refractivity contribution is 5.97. The van der Waals surface area contributed by atoms with Crippen LogP contribution in [0.5, 0.6) is 17.2 Å². The second kappa shape index (κ2) is 8.74. The largest absolute Gasteiger partial charge is 0.487 e. The van der Waals surface area contributed by atoms with Crippen LogP contribution in [0.3, 0.4) is 0 Å². The van der Waals surface area contributed by atoms with Gasteiger partial charge in [-0.3, -0.25) is 0 Å². The van der Waals surface area contributed by atoms with E-state index in [1.807, 2.05) is 73.7 Å². The lowest BCUT2D eigenvalue weighted by Crippen LogP contribution is -2.04. The lowest BCUT2D eigenvalue weighted by molar-refractivity contribution is 0.0520. The minimum atomic E-state index is -0.399. The van der Waals surface area contributed by atoms with Crippen LogP contribution in [0.25, 0.3) is 10.9 Å². The summed E-state index contributed by atoms with van der Waals surface area (Å²) in [4.78, 5) is 15.3. The molecule has 152 valence electrons. The third kappa shape index (κ3) is 4.46. The van der Waals surface area contributed by atoms with Crippen molar-refractivity contribution >= 4 is 16.9 Å². The van der Waals surface area contributed by atoms with Gasteiger partial charge in [0.1, 0.15) is 29.5 Å². The molecular formula is C25H23NO4. The third-order valence-electron chi connectivity index (χ3n) is 4.65. The molecule has 0 amide bonds. The number of rotatable bonds is 7. The van der Waals surface area contributed by atoms with Crippen LogP contribution in [-0.2, 0) is 11.3 Å². The van der Waals surface area contributed by atoms with Gasteiger partial charge in [-0.05, 0) is 43.7 Å². The van der Waals surface area contributed by atoms with Crippen LogP contribution in [-0.4, -0.2) is 17.6 Å². The summed E-state index contributed by atoms with van der Waals surface area (Å²) in [5.41, 5.74) is 3.32. The van der Waals surface area contributed by atoms with Crippen molar-refractivity contribution in [2.75, 3.05) is 6.61 Å². The molecule has 5 heteroatoms. The number of ether oxygens (including phenoxy) is 3. The maximum atomic E-state index is 12.2. The molecule has 4 rings (SSSR count). The lowest BCUT2D eigenvalue weighted by atomic mass is 10.2. The van der Waals surface area contributed by atoms with Gasteiger partial charge in [0.2, 0.25) is 0 Å². The highest BCUT2D eigenvalue weighted by Gasteiger charge is 2.15. The first-order valence-electron chi connectivity index (χ1n) is 9.87. The second-order valence-corrected chi connectivity index (χ2v) is 6.98. The summed E-state index contributed by atoms with van der Waals surface area (Å²) in [5, 5.41) is 0.811. The third-order valence-corrected chi connectivity index (χ3v) is 4.65. The number of aryl methyl sites for hydroxylation is 1. The van der Waals surface area contributed by atoms with Crippen molar-refractivity contribution in [2.45, 2.75) is 20.5 Å². The monoisotopic (exact) mass is 401 g/mol. The average Bonchev–Trinajstić information content (AvgIpc) is 3.19. The Bertz CT molecular complexity index is 1150. The predicted octanol–water partition coefficient (Wildman–Crippen LogP) is 6.02. The molecule has 0 aliphatic carbocycles. The fourth-order valence-electron chi connectivity index (χ4n) is 3.15. The zero-order chi connectivity index (χ0) is 20.9. The minimum Gasteiger partial charge on any atom is -0.487 e. The van der Waals surface area contributed by atoms with E-state index in [-0.39, 0.29) is 0 Å². The summed E-state index contributed by atoms with van der Waals surface area (Å²) in [6, 6.07) is 23.2. The van der Waals surface area contributed by atoms with Crippen LogP contribution in [0, 0.1) is 6.92 Å². The Labute approximate surface area is 175 Å². The maximum absolute atomic E-state index is 12.2. The normalized spacial score (nSPS) is 10.7. The van der Waals surface area contributed by atoms with Gasteiger partial charge < -0.3 is 19.2 Å². The van der Waals surface area contributed by atoms with Gasteiger partial charge in [-0.1, -0.05) is 48.0 Å². The van der Waals surface area contributed by atoms with Gasteiger partial charge in [-0.2, -0.15) is 0 Å². The molecule has 1 N–H and O–H groups in total. The van der Waals surface area contributed by atoms with E-state index in [2.05, 4.69) is 4.98 Å². The van der Waals surface area contributed by atoms with E-state index >= 15 is 0 Å². The van der Waals surface area contributed by atoms with Crippen molar-refractivity contribution < 1.29 is 19.0 Å². The van der Waals surface area contributed by atoms with Crippen LogP contribution < -0.4 is 9.47 Å². The molecule has 0 unspecified atom stereocenters. The molecule has 0 aliphatic heterocycles. The van der Waals surface area contributed by atoms with Crippen molar-refractivity contribution in [2.24, 2.45) is 0 Å². The Morgan fingerprint density at radius 2 is 1.70 bits per heavy atom. The predicted molar refractivity (Wildman–Crippen MR) is 116 cm³/mol. The quantitative estimate of drug-likeness (QED) is 0.384. The van der Waals surface area contributed by atoms with Gasteiger partial charge in [-0.25, -0.2) is 4.79 Å². The molecule has 0 bridgehead atoms. The molecule has 0 aliphatic rings. The Morgan fingerprint density at radius 3 is 2.43 bits per heavy atom. The smallest absolute Gasteiger partial charge is 0.354 e. The number of hydrogen-bond acceptors (Lipinski definition) is 4. The fourth-order valence-corrected chi connectivity index (χ4v) is 3.15. The number of carbonyl (C=O) groups is 1. The van der Waals surface area contributed by atoms with Crippen LogP contribution in [0.15, 0.2) is 72.8 Å². The summed E-state index contributed by atoms with van der Waals surface area (Å²) < 4.78 is 17.3. The first-order valence-corrected chi connectivity index (χ1v) is 9.87. The van der Waals surface area contributed by atoms with Crippen LogP contribution in [0.2, 0.25) is 0 Å². The molecule has 30 heavy (non-hydrogen) atoms. The Morgan fingerprint density at radius 1 is 0.933 bits per heavy atom. The first-order chi connectivity index (χ1) is 14.6. The topological polar surface area (TPSA) is 60.6 Å². The Balaban J connectivity index is 1.69. The van der Waals surface area contributed by atoms with Crippen molar-refractivity contribution in [3.8, 4) is 17.2 Å². The van der Waals surface area contributed by atoms with Crippen molar-refractivity contribution in [3.63, 3.8) is 0 Å². The Hall–Kier alpha value is -3.73. The first kappa shape index (κ1) is 19.6. The summed E-state index contributed by atoms with van der Waals surface area (Å²) in [6.45, 7) is 4.52. The van der Waals surface area contributed by atoms with Gasteiger partial charge in [0, 0.05) is 11.5 Å². The van der Waals surface area contributed by atoms with E-state index in [1.165, 1.54) is 0 Å². The van der Waals surface area contributed by atoms with Crippen LogP contribution in [0.4, 0.5) is 0 Å². The number of esters is 1. The molecule has 5 nitrogen and oxygen atoms in total. The lowest BCUT2D eigenvalue weighted by Gasteiger charge is -2.11. The molecule has 1 heterocycles. The van der Waals surface area contributed by atoms with Gasteiger partial charge in [0.05, 0.1) is 12.1 Å². The number of aromatic amines is 1. The second-order valence-electron chi connectivity index (χ2n) is 6.98. The van der Waals surface area contributed by atoms with Gasteiger partial charge in [0.15, 0.2) is 0 Å². The van der Waals surface area contributed by atoms with Crippen LogP contribution in [0.1, 0.15) is 28.5 Å². The van der Waals surface area contributed by atoms with E-state index in [1.54, 1.807) is 13.0 Å². The van der Waals surface area contributed by atoms with E-state index < -0.39 is 5.97 Å². The van der Waals surface area contributed by atoms with Crippen molar-refractivity contribution in [1.82, 2.24) is 4.98 Å². The van der Waals surface area contributed by atoms with Crippen LogP contribution >= 0.6 is 0 Å². The number of aromatic nitrogens is 1. The highest BCUT2D eigenvalue weighted by Crippen LogP contribution is 2.34. The number of carbonyl (C=O) groups excluding carboxylic acids is 1. The van der Waals surface area contributed by atoms with Gasteiger partial charge in [-0.15, -0.1) is 0 Å². The van der Waals surface area contributed by atoms with Gasteiger partial charge in [0.25, 0.3) is 0 Å². The molecule has 0 fully saturated rings. The Kier molecular flexibility index (Phi) is 5.70.